The van der Waals surface area contributed by atoms with Crippen molar-refractivity contribution < 1.29 is 14.0 Å². The van der Waals surface area contributed by atoms with E-state index in [1.165, 1.54) is 69.8 Å². The van der Waals surface area contributed by atoms with Crippen molar-refractivity contribution in [3.8, 4) is 0 Å². The second-order valence-electron chi connectivity index (χ2n) is 7.34. The fourth-order valence-corrected chi connectivity index (χ4v) is 4.49. The van der Waals surface area contributed by atoms with Gasteiger partial charge in [0.2, 0.25) is 5.91 Å². The maximum Gasteiger partial charge on any atom is 0.257 e. The summed E-state index contributed by atoms with van der Waals surface area (Å²) < 4.78 is 14.2. The number of anilines is 2. The highest BCUT2D eigenvalue weighted by Gasteiger charge is 2.16. The zero-order valence-electron chi connectivity index (χ0n) is 16.7. The van der Waals surface area contributed by atoms with Gasteiger partial charge in [0.1, 0.15) is 12.4 Å². The molecule has 0 saturated heterocycles. The number of hydrogen-bond donors (Lipinski definition) is 2. The van der Waals surface area contributed by atoms with Gasteiger partial charge in [0.15, 0.2) is 5.13 Å². The summed E-state index contributed by atoms with van der Waals surface area (Å²) in [5.41, 5.74) is 1.28. The molecule has 0 radical (unpaired) electrons. The van der Waals surface area contributed by atoms with Crippen molar-refractivity contribution in [3.63, 3.8) is 0 Å². The topological polar surface area (TPSA) is 93.1 Å². The Bertz CT molecular complexity index is 1150. The molecule has 0 bridgehead atoms. The summed E-state index contributed by atoms with van der Waals surface area (Å²) in [4.78, 5) is 42.8. The van der Waals surface area contributed by atoms with Crippen LogP contribution in [0.5, 0.6) is 0 Å². The largest absolute Gasteiger partial charge is 0.322 e. The molecule has 0 fully saturated rings. The van der Waals surface area contributed by atoms with Gasteiger partial charge in [-0.1, -0.05) is 6.42 Å². The van der Waals surface area contributed by atoms with Crippen molar-refractivity contribution in [3.05, 3.63) is 74.9 Å². The van der Waals surface area contributed by atoms with E-state index in [0.717, 1.165) is 31.4 Å². The number of benzene rings is 1. The second kappa shape index (κ2) is 9.22. The monoisotopic (exact) mass is 440 g/mol. The van der Waals surface area contributed by atoms with Crippen molar-refractivity contribution in [1.82, 2.24) is 9.55 Å². The summed E-state index contributed by atoms with van der Waals surface area (Å²) in [6, 6.07) is 7.96. The van der Waals surface area contributed by atoms with Gasteiger partial charge < -0.3 is 15.2 Å². The molecule has 0 aliphatic heterocycles. The first-order valence-electron chi connectivity index (χ1n) is 10.0. The van der Waals surface area contributed by atoms with E-state index >= 15 is 0 Å². The third-order valence-electron chi connectivity index (χ3n) is 5.00. The molecule has 0 saturated carbocycles. The van der Waals surface area contributed by atoms with Gasteiger partial charge in [-0.25, -0.2) is 9.37 Å². The molecule has 1 aliphatic carbocycles. The van der Waals surface area contributed by atoms with Crippen molar-refractivity contribution >= 4 is 34.0 Å². The minimum Gasteiger partial charge on any atom is -0.322 e. The fourth-order valence-electron chi connectivity index (χ4n) is 3.42. The summed E-state index contributed by atoms with van der Waals surface area (Å²) in [5, 5.41) is 5.93. The zero-order chi connectivity index (χ0) is 21.8. The van der Waals surface area contributed by atoms with E-state index in [0.29, 0.717) is 10.8 Å². The lowest BCUT2D eigenvalue weighted by atomic mass is 10.2. The number of pyridine rings is 1. The van der Waals surface area contributed by atoms with Crippen LogP contribution in [0.15, 0.2) is 47.4 Å². The van der Waals surface area contributed by atoms with Gasteiger partial charge in [0.05, 0.1) is 11.3 Å². The molecular formula is C22H21FN4O3S. The summed E-state index contributed by atoms with van der Waals surface area (Å²) in [6.45, 7) is -0.235. The lowest BCUT2D eigenvalue weighted by Crippen LogP contribution is -2.28. The van der Waals surface area contributed by atoms with Crippen LogP contribution in [0.2, 0.25) is 0 Å². The Morgan fingerprint density at radius 2 is 1.81 bits per heavy atom. The third kappa shape index (κ3) is 5.24. The number of aryl methyl sites for hydroxylation is 2. The molecule has 2 amide bonds. The highest BCUT2D eigenvalue weighted by Crippen LogP contribution is 2.28. The number of rotatable bonds is 5. The predicted octanol–water partition coefficient (Wildman–Crippen LogP) is 3.60. The van der Waals surface area contributed by atoms with Gasteiger partial charge in [-0.15, -0.1) is 11.3 Å². The van der Waals surface area contributed by atoms with Crippen molar-refractivity contribution in [1.29, 1.82) is 0 Å². The number of hydrogen-bond acceptors (Lipinski definition) is 5. The van der Waals surface area contributed by atoms with Crippen LogP contribution < -0.4 is 16.2 Å². The summed E-state index contributed by atoms with van der Waals surface area (Å²) >= 11 is 1.48. The first kappa shape index (κ1) is 20.9. The number of halogens is 1. The highest BCUT2D eigenvalue weighted by molar-refractivity contribution is 7.15. The third-order valence-corrected chi connectivity index (χ3v) is 6.08. The quantitative estimate of drug-likeness (QED) is 0.593. The molecule has 3 aromatic rings. The van der Waals surface area contributed by atoms with Crippen molar-refractivity contribution in [2.45, 2.75) is 38.6 Å². The SMILES string of the molecule is O=C(Cn1cc(C(=O)Nc2ccc(F)cc2)ccc1=O)Nc1nc2c(s1)CCCCC2. The van der Waals surface area contributed by atoms with E-state index in [-0.39, 0.29) is 18.0 Å². The van der Waals surface area contributed by atoms with Gasteiger partial charge in [0, 0.05) is 22.8 Å². The van der Waals surface area contributed by atoms with E-state index in [1.54, 1.807) is 0 Å². The molecule has 2 aromatic heterocycles. The van der Waals surface area contributed by atoms with Crippen LogP contribution in [0.25, 0.3) is 0 Å². The molecular weight excluding hydrogens is 419 g/mol. The van der Waals surface area contributed by atoms with Crippen LogP contribution in [-0.4, -0.2) is 21.4 Å². The first-order valence-corrected chi connectivity index (χ1v) is 10.9. The van der Waals surface area contributed by atoms with E-state index in [4.69, 9.17) is 0 Å². The normalized spacial score (nSPS) is 13.2. The van der Waals surface area contributed by atoms with Crippen LogP contribution in [0.3, 0.4) is 0 Å². The molecule has 7 nitrogen and oxygen atoms in total. The first-order chi connectivity index (χ1) is 15.0. The summed E-state index contributed by atoms with van der Waals surface area (Å²) in [6.07, 6.45) is 6.66. The average Bonchev–Trinajstić information content (AvgIpc) is 2.98. The Balaban J connectivity index is 1.43. The molecule has 31 heavy (non-hydrogen) atoms. The Morgan fingerprint density at radius 3 is 2.61 bits per heavy atom. The molecule has 2 heterocycles. The van der Waals surface area contributed by atoms with Gasteiger partial charge in [-0.3, -0.25) is 14.4 Å². The number of nitrogens with one attached hydrogen (secondary N) is 2. The molecule has 9 heteroatoms. The molecule has 2 N–H and O–H groups in total. The maximum absolute atomic E-state index is 13.0. The molecule has 160 valence electrons. The minimum atomic E-state index is -0.468. The van der Waals surface area contributed by atoms with Gasteiger partial charge >= 0.3 is 0 Å². The maximum atomic E-state index is 13.0. The number of carbonyl (C=O) groups excluding carboxylic acids is 2. The van der Waals surface area contributed by atoms with Crippen LogP contribution in [-0.2, 0) is 24.2 Å². The highest BCUT2D eigenvalue weighted by atomic mass is 32.1. The Labute approximate surface area is 181 Å². The van der Waals surface area contributed by atoms with Crippen LogP contribution in [0, 0.1) is 5.82 Å². The molecule has 0 atom stereocenters. The smallest absolute Gasteiger partial charge is 0.257 e. The van der Waals surface area contributed by atoms with E-state index < -0.39 is 17.3 Å². The Kier molecular flexibility index (Phi) is 6.22. The Hall–Kier alpha value is -3.33. The molecule has 4 rings (SSSR count). The molecule has 1 aliphatic rings. The fraction of sp³-hybridized carbons (Fsp3) is 0.273. The molecule has 0 unspecified atom stereocenters. The predicted molar refractivity (Wildman–Crippen MR) is 117 cm³/mol. The van der Waals surface area contributed by atoms with E-state index in [1.807, 2.05) is 0 Å². The molecule has 0 spiro atoms. The average molecular weight is 441 g/mol. The van der Waals surface area contributed by atoms with Crippen molar-refractivity contribution in [2.24, 2.45) is 0 Å². The number of thiazole rings is 1. The van der Waals surface area contributed by atoms with Crippen LogP contribution in [0.1, 0.15) is 40.2 Å². The second-order valence-corrected chi connectivity index (χ2v) is 8.43. The lowest BCUT2D eigenvalue weighted by Gasteiger charge is -2.09. The molecule has 1 aromatic carbocycles. The van der Waals surface area contributed by atoms with Crippen LogP contribution in [0.4, 0.5) is 15.2 Å². The van der Waals surface area contributed by atoms with Gasteiger partial charge in [0.25, 0.3) is 11.5 Å². The number of carbonyl (C=O) groups is 2. The standard InChI is InChI=1S/C22H21FN4O3S/c23-15-7-9-16(10-8-15)24-21(30)14-6-11-20(29)27(12-14)13-19(28)26-22-25-17-4-2-1-3-5-18(17)31-22/h6-12H,1-5,13H2,(H,24,30)(H,25,26,28). The van der Waals surface area contributed by atoms with E-state index in [2.05, 4.69) is 15.6 Å². The Morgan fingerprint density at radius 1 is 1.03 bits per heavy atom. The minimum absolute atomic E-state index is 0.206. The lowest BCUT2D eigenvalue weighted by molar-refractivity contribution is -0.116. The van der Waals surface area contributed by atoms with Gasteiger partial charge in [-0.05, 0) is 56.0 Å². The summed E-state index contributed by atoms with van der Waals surface area (Å²) in [7, 11) is 0. The number of nitrogens with zero attached hydrogens (tertiary/aromatic N) is 2. The zero-order valence-corrected chi connectivity index (χ0v) is 17.5. The van der Waals surface area contributed by atoms with Gasteiger partial charge in [-0.2, -0.15) is 0 Å². The summed E-state index contributed by atoms with van der Waals surface area (Å²) in [5.74, 6) is -1.26. The van der Waals surface area contributed by atoms with E-state index in [9.17, 15) is 18.8 Å². The van der Waals surface area contributed by atoms with Crippen molar-refractivity contribution in [2.75, 3.05) is 10.6 Å². The number of fused-ring (bicyclic) bond motifs is 1. The van der Waals surface area contributed by atoms with Crippen LogP contribution >= 0.6 is 11.3 Å². The number of amides is 2. The number of aromatic nitrogens is 2.